The van der Waals surface area contributed by atoms with E-state index in [2.05, 4.69) is 24.4 Å². The van der Waals surface area contributed by atoms with Gasteiger partial charge in [0, 0.05) is 6.42 Å². The summed E-state index contributed by atoms with van der Waals surface area (Å²) >= 11 is 0. The third-order valence-electron chi connectivity index (χ3n) is 5.67. The Labute approximate surface area is 190 Å². The predicted molar refractivity (Wildman–Crippen MR) is 130 cm³/mol. The van der Waals surface area contributed by atoms with Gasteiger partial charge in [0.05, 0.1) is 12.6 Å². The van der Waals surface area contributed by atoms with E-state index in [-0.39, 0.29) is 24.3 Å². The summed E-state index contributed by atoms with van der Waals surface area (Å²) in [6, 6.07) is 6.59. The number of hydrogen-bond donors (Lipinski definition) is 3. The normalized spacial score (nSPS) is 12.3. The molecule has 0 aliphatic heterocycles. The molecular weight excluding hydrogens is 386 g/mol. The summed E-state index contributed by atoms with van der Waals surface area (Å²) in [6.45, 7) is 2.18. The SMILES string of the molecule is CCCCCCCC/C=C/CCCCCCCC(=O)NC(CO)Cc1ccc(O)cc1. The van der Waals surface area contributed by atoms with Gasteiger partial charge in [0.1, 0.15) is 5.75 Å². The molecule has 31 heavy (non-hydrogen) atoms. The van der Waals surface area contributed by atoms with Crippen molar-refractivity contribution >= 4 is 5.91 Å². The maximum Gasteiger partial charge on any atom is 0.220 e. The summed E-state index contributed by atoms with van der Waals surface area (Å²) < 4.78 is 0. The number of phenols is 1. The van der Waals surface area contributed by atoms with Crippen molar-refractivity contribution in [3.05, 3.63) is 42.0 Å². The Morgan fingerprint density at radius 3 is 2.00 bits per heavy atom. The molecule has 0 bridgehead atoms. The Hall–Kier alpha value is -1.81. The second kappa shape index (κ2) is 18.9. The fraction of sp³-hybridized carbons (Fsp3) is 0.667. The number of nitrogens with one attached hydrogen (secondary N) is 1. The molecule has 0 spiro atoms. The van der Waals surface area contributed by atoms with E-state index in [4.69, 9.17) is 0 Å². The van der Waals surface area contributed by atoms with E-state index in [0.29, 0.717) is 12.8 Å². The lowest BCUT2D eigenvalue weighted by atomic mass is 10.1. The van der Waals surface area contributed by atoms with Crippen LogP contribution in [0.2, 0.25) is 0 Å². The molecule has 0 aromatic heterocycles. The fourth-order valence-corrected chi connectivity index (χ4v) is 3.73. The first-order valence-electron chi connectivity index (χ1n) is 12.5. The topological polar surface area (TPSA) is 69.6 Å². The molecule has 3 N–H and O–H groups in total. The van der Waals surface area contributed by atoms with Crippen LogP contribution in [0.5, 0.6) is 5.75 Å². The molecular formula is C27H45NO3. The number of aromatic hydroxyl groups is 1. The molecule has 1 amide bonds. The molecule has 176 valence electrons. The molecule has 0 saturated carbocycles. The van der Waals surface area contributed by atoms with Gasteiger partial charge in [-0.15, -0.1) is 0 Å². The minimum atomic E-state index is -0.278. The van der Waals surface area contributed by atoms with Crippen LogP contribution in [0.1, 0.15) is 102 Å². The van der Waals surface area contributed by atoms with Crippen LogP contribution in [-0.2, 0) is 11.2 Å². The van der Waals surface area contributed by atoms with Gasteiger partial charge in [-0.25, -0.2) is 0 Å². The highest BCUT2D eigenvalue weighted by molar-refractivity contribution is 5.76. The smallest absolute Gasteiger partial charge is 0.220 e. The molecule has 0 radical (unpaired) electrons. The van der Waals surface area contributed by atoms with E-state index in [1.807, 2.05) is 12.1 Å². The molecule has 0 fully saturated rings. The van der Waals surface area contributed by atoms with Crippen LogP contribution in [0.3, 0.4) is 0 Å². The van der Waals surface area contributed by atoms with Gasteiger partial charge in [-0.05, 0) is 56.2 Å². The van der Waals surface area contributed by atoms with E-state index in [1.54, 1.807) is 12.1 Å². The van der Waals surface area contributed by atoms with Crippen molar-refractivity contribution in [2.75, 3.05) is 6.61 Å². The highest BCUT2D eigenvalue weighted by Crippen LogP contribution is 2.12. The molecule has 4 nitrogen and oxygen atoms in total. The Morgan fingerprint density at radius 2 is 1.42 bits per heavy atom. The zero-order valence-electron chi connectivity index (χ0n) is 19.7. The third-order valence-corrected chi connectivity index (χ3v) is 5.67. The van der Waals surface area contributed by atoms with Crippen molar-refractivity contribution in [3.8, 4) is 5.75 Å². The lowest BCUT2D eigenvalue weighted by molar-refractivity contribution is -0.122. The van der Waals surface area contributed by atoms with Crippen molar-refractivity contribution < 1.29 is 15.0 Å². The molecule has 4 heteroatoms. The van der Waals surface area contributed by atoms with Crippen molar-refractivity contribution in [2.45, 2.75) is 109 Å². The van der Waals surface area contributed by atoms with Gasteiger partial charge in [-0.3, -0.25) is 4.79 Å². The number of hydrogen-bond acceptors (Lipinski definition) is 3. The first kappa shape index (κ1) is 27.2. The summed E-state index contributed by atoms with van der Waals surface area (Å²) in [4.78, 5) is 12.1. The minimum Gasteiger partial charge on any atom is -0.508 e. The van der Waals surface area contributed by atoms with Crippen LogP contribution < -0.4 is 5.32 Å². The van der Waals surface area contributed by atoms with Crippen molar-refractivity contribution in [3.63, 3.8) is 0 Å². The third kappa shape index (κ3) is 15.6. The molecule has 0 heterocycles. The van der Waals surface area contributed by atoms with E-state index in [1.165, 1.54) is 70.6 Å². The Kier molecular flexibility index (Phi) is 16.6. The van der Waals surface area contributed by atoms with Gasteiger partial charge in [0.25, 0.3) is 0 Å². The van der Waals surface area contributed by atoms with Crippen LogP contribution >= 0.6 is 0 Å². The number of carbonyl (C=O) groups is 1. The number of carbonyl (C=O) groups excluding carboxylic acids is 1. The van der Waals surface area contributed by atoms with Gasteiger partial charge >= 0.3 is 0 Å². The van der Waals surface area contributed by atoms with Gasteiger partial charge in [-0.2, -0.15) is 0 Å². The molecule has 1 aromatic carbocycles. The molecule has 0 aliphatic carbocycles. The largest absolute Gasteiger partial charge is 0.508 e. The average Bonchev–Trinajstić information content (AvgIpc) is 2.77. The highest BCUT2D eigenvalue weighted by Gasteiger charge is 2.12. The van der Waals surface area contributed by atoms with Crippen molar-refractivity contribution in [1.29, 1.82) is 0 Å². The van der Waals surface area contributed by atoms with E-state index in [0.717, 1.165) is 18.4 Å². The quantitative estimate of drug-likeness (QED) is 0.174. The summed E-state index contributed by atoms with van der Waals surface area (Å²) in [6.07, 6.45) is 22.0. The highest BCUT2D eigenvalue weighted by atomic mass is 16.3. The number of amides is 1. The number of unbranched alkanes of at least 4 members (excludes halogenated alkanes) is 11. The zero-order chi connectivity index (χ0) is 22.6. The number of aliphatic hydroxyl groups excluding tert-OH is 1. The summed E-state index contributed by atoms with van der Waals surface area (Å²) in [5, 5.41) is 21.8. The summed E-state index contributed by atoms with van der Waals surface area (Å²) in [5.41, 5.74) is 0.984. The Bertz CT molecular complexity index is 583. The van der Waals surface area contributed by atoms with E-state index < -0.39 is 0 Å². The van der Waals surface area contributed by atoms with Gasteiger partial charge in [0.2, 0.25) is 5.91 Å². The summed E-state index contributed by atoms with van der Waals surface area (Å²) in [7, 11) is 0. The zero-order valence-corrected chi connectivity index (χ0v) is 19.7. The number of aliphatic hydroxyl groups is 1. The average molecular weight is 432 g/mol. The molecule has 0 saturated heterocycles. The summed E-state index contributed by atoms with van der Waals surface area (Å²) in [5.74, 6) is 0.230. The van der Waals surface area contributed by atoms with E-state index in [9.17, 15) is 15.0 Å². The molecule has 1 aromatic rings. The first-order chi connectivity index (χ1) is 15.2. The predicted octanol–water partition coefficient (Wildman–Crippen LogP) is 6.45. The number of benzene rings is 1. The number of allylic oxidation sites excluding steroid dienone is 2. The monoisotopic (exact) mass is 431 g/mol. The fourth-order valence-electron chi connectivity index (χ4n) is 3.73. The Morgan fingerprint density at radius 1 is 0.871 bits per heavy atom. The van der Waals surface area contributed by atoms with Crippen LogP contribution in [0.25, 0.3) is 0 Å². The second-order valence-electron chi connectivity index (χ2n) is 8.65. The molecule has 1 atom stereocenters. The van der Waals surface area contributed by atoms with Gasteiger partial charge in [0.15, 0.2) is 0 Å². The lowest BCUT2D eigenvalue weighted by Gasteiger charge is -2.16. The van der Waals surface area contributed by atoms with Crippen molar-refractivity contribution in [1.82, 2.24) is 5.32 Å². The van der Waals surface area contributed by atoms with Crippen LogP contribution in [0.15, 0.2) is 36.4 Å². The number of rotatable bonds is 19. The standard InChI is InChI=1S/C27H45NO3/c1-2-3-4-5-6-7-8-9-10-11-12-13-14-15-16-17-27(31)28-25(23-29)22-24-18-20-26(30)21-19-24/h9-10,18-21,25,29-30H,2-8,11-17,22-23H2,1H3,(H,28,31)/b10-9+. The first-order valence-corrected chi connectivity index (χ1v) is 12.5. The molecule has 0 aliphatic rings. The molecule has 1 unspecified atom stereocenters. The lowest BCUT2D eigenvalue weighted by Crippen LogP contribution is -2.38. The van der Waals surface area contributed by atoms with Gasteiger partial charge in [-0.1, -0.05) is 82.6 Å². The van der Waals surface area contributed by atoms with Crippen LogP contribution in [-0.4, -0.2) is 28.8 Å². The van der Waals surface area contributed by atoms with E-state index >= 15 is 0 Å². The Balaban J connectivity index is 1.96. The minimum absolute atomic E-state index is 0.00968. The second-order valence-corrected chi connectivity index (χ2v) is 8.65. The van der Waals surface area contributed by atoms with Crippen LogP contribution in [0.4, 0.5) is 0 Å². The number of phenolic OH excluding ortho intramolecular Hbond substituents is 1. The van der Waals surface area contributed by atoms with Crippen molar-refractivity contribution in [2.24, 2.45) is 0 Å². The maximum absolute atomic E-state index is 12.1. The van der Waals surface area contributed by atoms with Crippen LogP contribution in [0, 0.1) is 0 Å². The molecule has 1 rings (SSSR count). The van der Waals surface area contributed by atoms with Gasteiger partial charge < -0.3 is 15.5 Å². The maximum atomic E-state index is 12.1.